The second-order valence-corrected chi connectivity index (χ2v) is 7.17. The minimum absolute atomic E-state index is 0.0610. The maximum atomic E-state index is 13.4. The Labute approximate surface area is 165 Å². The molecule has 1 aliphatic rings. The smallest absolute Gasteiger partial charge is 0.252 e. The summed E-state index contributed by atoms with van der Waals surface area (Å²) in [5.74, 6) is 0.0275. The van der Waals surface area contributed by atoms with Crippen LogP contribution in [0.1, 0.15) is 37.8 Å². The Morgan fingerprint density at radius 1 is 1.26 bits per heavy atom. The third kappa shape index (κ3) is 3.89. The van der Waals surface area contributed by atoms with Gasteiger partial charge in [0, 0.05) is 22.7 Å². The Hall–Kier alpha value is -2.64. The third-order valence-electron chi connectivity index (χ3n) is 4.97. The second-order valence-electron chi connectivity index (χ2n) is 6.73. The number of rotatable bonds is 5. The van der Waals surface area contributed by atoms with Crippen LogP contribution >= 0.6 is 11.6 Å². The van der Waals surface area contributed by atoms with Crippen molar-refractivity contribution < 1.29 is 4.79 Å². The van der Waals surface area contributed by atoms with E-state index in [1.807, 2.05) is 49.4 Å². The number of fused-ring (bicyclic) bond motifs is 1. The predicted octanol–water partition coefficient (Wildman–Crippen LogP) is 4.85. The van der Waals surface area contributed by atoms with Crippen LogP contribution in [-0.4, -0.2) is 24.2 Å². The van der Waals surface area contributed by atoms with E-state index in [9.17, 15) is 4.79 Å². The van der Waals surface area contributed by atoms with Crippen LogP contribution in [0.15, 0.2) is 53.5 Å². The summed E-state index contributed by atoms with van der Waals surface area (Å²) in [6.07, 6.45) is 1.10. The van der Waals surface area contributed by atoms with Gasteiger partial charge in [-0.1, -0.05) is 62.2 Å². The van der Waals surface area contributed by atoms with E-state index in [4.69, 9.17) is 21.9 Å². The fourth-order valence-electron chi connectivity index (χ4n) is 3.29. The van der Waals surface area contributed by atoms with Gasteiger partial charge >= 0.3 is 0 Å². The average molecular weight is 380 g/mol. The van der Waals surface area contributed by atoms with Crippen LogP contribution in [-0.2, 0) is 4.79 Å². The number of hydrogen-bond donors (Lipinski definition) is 0. The van der Waals surface area contributed by atoms with Gasteiger partial charge in [-0.15, -0.1) is 0 Å². The number of carbonyl (C=O) groups is 1. The van der Waals surface area contributed by atoms with Crippen molar-refractivity contribution in [2.24, 2.45) is 10.9 Å². The first-order chi connectivity index (χ1) is 13.1. The van der Waals surface area contributed by atoms with Crippen molar-refractivity contribution in [1.82, 2.24) is 0 Å². The van der Waals surface area contributed by atoms with E-state index in [2.05, 4.69) is 13.0 Å². The number of amides is 1. The molecule has 1 unspecified atom stereocenters. The fraction of sp³-hybridized carbons (Fsp3) is 0.318. The van der Waals surface area contributed by atoms with Gasteiger partial charge in [0.25, 0.3) is 5.91 Å². The highest BCUT2D eigenvalue weighted by atomic mass is 35.5. The molecule has 0 bridgehead atoms. The zero-order valence-electron chi connectivity index (χ0n) is 15.5. The summed E-state index contributed by atoms with van der Waals surface area (Å²) in [5.41, 5.74) is 3.30. The molecule has 3 rings (SSSR count). The van der Waals surface area contributed by atoms with Crippen LogP contribution in [0.2, 0.25) is 5.02 Å². The van der Waals surface area contributed by atoms with Gasteiger partial charge in [0.05, 0.1) is 23.9 Å². The first kappa shape index (κ1) is 19.1. The molecule has 5 heteroatoms. The Morgan fingerprint density at radius 3 is 2.67 bits per heavy atom. The summed E-state index contributed by atoms with van der Waals surface area (Å²) in [7, 11) is 0. The number of hydrogen-bond acceptors (Lipinski definition) is 3. The molecule has 138 valence electrons. The largest absolute Gasteiger partial charge is 0.309 e. The minimum atomic E-state index is -0.491. The molecule has 0 saturated heterocycles. The highest BCUT2D eigenvalue weighted by Gasteiger charge is 2.34. The number of nitriles is 1. The van der Waals surface area contributed by atoms with E-state index in [0.717, 1.165) is 28.9 Å². The van der Waals surface area contributed by atoms with E-state index in [0.29, 0.717) is 11.6 Å². The van der Waals surface area contributed by atoms with E-state index in [1.54, 1.807) is 11.0 Å². The second kappa shape index (κ2) is 8.37. The van der Waals surface area contributed by atoms with Crippen molar-refractivity contribution in [2.45, 2.75) is 32.7 Å². The van der Waals surface area contributed by atoms with Gasteiger partial charge in [-0.3, -0.25) is 9.79 Å². The van der Waals surface area contributed by atoms with Crippen LogP contribution in [0, 0.1) is 17.2 Å². The summed E-state index contributed by atoms with van der Waals surface area (Å²) < 4.78 is 0. The predicted molar refractivity (Wildman–Crippen MR) is 109 cm³/mol. The van der Waals surface area contributed by atoms with Crippen molar-refractivity contribution in [3.05, 3.63) is 64.7 Å². The first-order valence-electron chi connectivity index (χ1n) is 9.18. The number of halogens is 1. The molecule has 4 nitrogen and oxygen atoms in total. The third-order valence-corrected chi connectivity index (χ3v) is 5.20. The molecule has 1 aliphatic heterocycles. The van der Waals surface area contributed by atoms with Crippen LogP contribution < -0.4 is 4.90 Å². The maximum Gasteiger partial charge on any atom is 0.252 e. The van der Waals surface area contributed by atoms with Crippen molar-refractivity contribution in [3.63, 3.8) is 0 Å². The van der Waals surface area contributed by atoms with Gasteiger partial charge in [-0.2, -0.15) is 5.26 Å². The lowest BCUT2D eigenvalue weighted by molar-refractivity contribution is -0.120. The number of anilines is 1. The molecular formula is C22H22ClN3O. The first-order valence-corrected chi connectivity index (χ1v) is 9.56. The normalized spacial score (nSPS) is 17.6. The Bertz CT molecular complexity index is 902. The number of benzodiazepines with no additional fused rings is 1. The summed E-state index contributed by atoms with van der Waals surface area (Å²) >= 11 is 6.29. The van der Waals surface area contributed by atoms with E-state index in [1.165, 1.54) is 0 Å². The van der Waals surface area contributed by atoms with Crippen LogP contribution in [0.25, 0.3) is 0 Å². The van der Waals surface area contributed by atoms with E-state index < -0.39 is 6.04 Å². The lowest BCUT2D eigenvalue weighted by Crippen LogP contribution is -2.41. The molecule has 2 atom stereocenters. The fourth-order valence-corrected chi connectivity index (χ4v) is 3.46. The van der Waals surface area contributed by atoms with Gasteiger partial charge in [0.2, 0.25) is 0 Å². The van der Waals surface area contributed by atoms with Crippen molar-refractivity contribution in [2.75, 3.05) is 11.4 Å². The average Bonchev–Trinajstić information content (AvgIpc) is 2.81. The molecule has 0 radical (unpaired) electrons. The molecule has 1 heterocycles. The molecule has 2 aromatic carbocycles. The molecule has 0 N–H and O–H groups in total. The maximum absolute atomic E-state index is 13.4. The van der Waals surface area contributed by atoms with Crippen LogP contribution in [0.4, 0.5) is 5.69 Å². The van der Waals surface area contributed by atoms with Gasteiger partial charge in [0.15, 0.2) is 0 Å². The Morgan fingerprint density at radius 2 is 2.00 bits per heavy atom. The zero-order valence-corrected chi connectivity index (χ0v) is 16.3. The lowest BCUT2D eigenvalue weighted by Gasteiger charge is -2.26. The summed E-state index contributed by atoms with van der Waals surface area (Å²) in [6.45, 7) is 4.44. The van der Waals surface area contributed by atoms with Crippen molar-refractivity contribution >= 4 is 28.9 Å². The highest BCUT2D eigenvalue weighted by Crippen LogP contribution is 2.33. The molecule has 0 aliphatic carbocycles. The van der Waals surface area contributed by atoms with Crippen LogP contribution in [0.3, 0.4) is 0 Å². The molecular weight excluding hydrogens is 358 g/mol. The lowest BCUT2D eigenvalue weighted by atomic mass is 9.98. The van der Waals surface area contributed by atoms with Crippen molar-refractivity contribution in [1.29, 1.82) is 5.26 Å². The number of aliphatic imine (C=N–C) groups is 1. The highest BCUT2D eigenvalue weighted by molar-refractivity contribution is 6.32. The molecule has 0 spiro atoms. The number of benzene rings is 2. The topological polar surface area (TPSA) is 56.5 Å². The Kier molecular flexibility index (Phi) is 5.93. The zero-order chi connectivity index (χ0) is 19.4. The minimum Gasteiger partial charge on any atom is -0.309 e. The van der Waals surface area contributed by atoms with Crippen molar-refractivity contribution in [3.8, 4) is 6.07 Å². The monoisotopic (exact) mass is 379 g/mol. The van der Waals surface area contributed by atoms with Gasteiger partial charge in [-0.25, -0.2) is 0 Å². The van der Waals surface area contributed by atoms with Gasteiger partial charge in [-0.05, 0) is 24.1 Å². The molecule has 27 heavy (non-hydrogen) atoms. The molecule has 0 aromatic heterocycles. The molecule has 0 fully saturated rings. The quantitative estimate of drug-likeness (QED) is 0.745. The molecule has 1 amide bonds. The summed E-state index contributed by atoms with van der Waals surface area (Å²) in [6, 6.07) is 17.0. The number of carbonyl (C=O) groups excluding carboxylic acids is 1. The van der Waals surface area contributed by atoms with Gasteiger partial charge in [0.1, 0.15) is 6.04 Å². The molecule has 0 saturated carbocycles. The van der Waals surface area contributed by atoms with Gasteiger partial charge < -0.3 is 4.90 Å². The molecule has 2 aromatic rings. The number of nitrogens with zero attached hydrogens (tertiary/aromatic N) is 3. The standard InChI is InChI=1S/C22H22ClN3O/c1-3-15(2)20-22(27)26(13-7-12-24)19-11-10-17(23)14-18(19)21(25-20)16-8-5-4-6-9-16/h4-6,8-11,14-15,20H,3,7,13H2,1-2H3/t15-,20?/m0/s1. The Balaban J connectivity index is 2.24. The summed E-state index contributed by atoms with van der Waals surface area (Å²) in [5, 5.41) is 9.65. The van der Waals surface area contributed by atoms with E-state index >= 15 is 0 Å². The van der Waals surface area contributed by atoms with E-state index in [-0.39, 0.29) is 18.2 Å². The SMILES string of the molecule is CC[C@H](C)C1N=C(c2ccccc2)c2cc(Cl)ccc2N(CCC#N)C1=O. The van der Waals surface area contributed by atoms with Crippen LogP contribution in [0.5, 0.6) is 0 Å². The summed E-state index contributed by atoms with van der Waals surface area (Å²) in [4.78, 5) is 20.0.